The number of nitrogens with one attached hydrogen (secondary N) is 1. The quantitative estimate of drug-likeness (QED) is 0.797. The number of fused-ring (bicyclic) bond motifs is 1. The first-order valence-electron chi connectivity index (χ1n) is 5.15. The molecule has 1 aromatic carbocycles. The summed E-state index contributed by atoms with van der Waals surface area (Å²) in [7, 11) is 1.96. The monoisotopic (exact) mass is 234 g/mol. The van der Waals surface area contributed by atoms with Gasteiger partial charge in [0.25, 0.3) is 0 Å². The lowest BCUT2D eigenvalue weighted by atomic mass is 10.1. The van der Waals surface area contributed by atoms with Crippen LogP contribution in [0, 0.1) is 0 Å². The van der Waals surface area contributed by atoms with Gasteiger partial charge in [0.15, 0.2) is 0 Å². The number of rotatable bonds is 4. The van der Waals surface area contributed by atoms with Crippen LogP contribution in [0.5, 0.6) is 5.75 Å². The first-order chi connectivity index (χ1) is 7.70. The average molecular weight is 234 g/mol. The molecule has 2 N–H and O–H groups in total. The number of aromatic nitrogens is 1. The highest BCUT2D eigenvalue weighted by molar-refractivity contribution is 7.78. The van der Waals surface area contributed by atoms with Crippen molar-refractivity contribution in [2.75, 3.05) is 13.6 Å². The number of thiocarbonyl (C=S) groups is 1. The van der Waals surface area contributed by atoms with Gasteiger partial charge >= 0.3 is 0 Å². The van der Waals surface area contributed by atoms with Crippen molar-refractivity contribution in [1.29, 1.82) is 0 Å². The van der Waals surface area contributed by atoms with Gasteiger partial charge in [0.2, 0.25) is 0 Å². The Bertz CT molecular complexity index is 507. The molecule has 0 saturated carbocycles. The third-order valence-electron chi connectivity index (χ3n) is 2.66. The number of aromatic hydroxyl groups is 1. The van der Waals surface area contributed by atoms with Crippen LogP contribution in [-0.4, -0.2) is 34.1 Å². The fourth-order valence-electron chi connectivity index (χ4n) is 1.72. The molecule has 0 aliphatic carbocycles. The van der Waals surface area contributed by atoms with E-state index in [4.69, 9.17) is 12.2 Å². The molecule has 2 rings (SSSR count). The summed E-state index contributed by atoms with van der Waals surface area (Å²) in [6, 6.07) is 5.36. The molecule has 3 nitrogen and oxygen atoms in total. The van der Waals surface area contributed by atoms with Crippen LogP contribution in [0.2, 0.25) is 0 Å². The molecule has 1 heterocycles. The van der Waals surface area contributed by atoms with Gasteiger partial charge in [-0.2, -0.15) is 0 Å². The zero-order valence-corrected chi connectivity index (χ0v) is 9.92. The van der Waals surface area contributed by atoms with Gasteiger partial charge in [-0.05, 0) is 30.2 Å². The van der Waals surface area contributed by atoms with Gasteiger partial charge in [0, 0.05) is 30.7 Å². The Morgan fingerprint density at radius 1 is 1.50 bits per heavy atom. The van der Waals surface area contributed by atoms with E-state index in [1.54, 1.807) is 17.6 Å². The SMILES string of the molecule is CN(C=S)CCc1c[nH]c2ccc(O)cc12. The van der Waals surface area contributed by atoms with E-state index < -0.39 is 0 Å². The maximum atomic E-state index is 9.45. The highest BCUT2D eigenvalue weighted by Gasteiger charge is 2.04. The van der Waals surface area contributed by atoms with Gasteiger partial charge in [-0.1, -0.05) is 12.2 Å². The van der Waals surface area contributed by atoms with Crippen molar-refractivity contribution in [3.05, 3.63) is 30.0 Å². The Labute approximate surface area is 99.7 Å². The Morgan fingerprint density at radius 2 is 2.31 bits per heavy atom. The van der Waals surface area contributed by atoms with Crippen molar-refractivity contribution >= 4 is 28.6 Å². The average Bonchev–Trinajstić information content (AvgIpc) is 2.68. The van der Waals surface area contributed by atoms with Crippen molar-refractivity contribution in [1.82, 2.24) is 9.88 Å². The van der Waals surface area contributed by atoms with Crippen LogP contribution in [0.25, 0.3) is 10.9 Å². The van der Waals surface area contributed by atoms with E-state index in [1.165, 1.54) is 5.56 Å². The molecule has 0 atom stereocenters. The van der Waals surface area contributed by atoms with E-state index in [-0.39, 0.29) is 0 Å². The third kappa shape index (κ3) is 2.17. The lowest BCUT2D eigenvalue weighted by molar-refractivity contribution is 0.476. The number of hydrogen-bond acceptors (Lipinski definition) is 2. The van der Waals surface area contributed by atoms with Crippen LogP contribution < -0.4 is 0 Å². The Morgan fingerprint density at radius 3 is 3.06 bits per heavy atom. The summed E-state index contributed by atoms with van der Waals surface area (Å²) in [5.74, 6) is 0.302. The topological polar surface area (TPSA) is 39.3 Å². The summed E-state index contributed by atoms with van der Waals surface area (Å²) in [5, 5.41) is 10.5. The third-order valence-corrected chi connectivity index (χ3v) is 3.02. The molecule has 0 aliphatic rings. The normalized spacial score (nSPS) is 10.6. The molecular weight excluding hydrogens is 220 g/mol. The van der Waals surface area contributed by atoms with E-state index in [2.05, 4.69) is 4.98 Å². The number of phenolic OH excluding ortho intramolecular Hbond substituents is 1. The summed E-state index contributed by atoms with van der Waals surface area (Å²) in [5.41, 5.74) is 3.90. The number of hydrogen-bond donors (Lipinski definition) is 2. The second-order valence-corrected chi connectivity index (χ2v) is 4.09. The predicted molar refractivity (Wildman–Crippen MR) is 70.0 cm³/mol. The van der Waals surface area contributed by atoms with Crippen molar-refractivity contribution in [2.24, 2.45) is 0 Å². The van der Waals surface area contributed by atoms with Crippen LogP contribution in [0.1, 0.15) is 5.56 Å². The summed E-state index contributed by atoms with van der Waals surface area (Å²) in [6.45, 7) is 0.881. The van der Waals surface area contributed by atoms with Crippen molar-refractivity contribution in [3.8, 4) is 5.75 Å². The molecule has 0 fully saturated rings. The number of aromatic amines is 1. The molecule has 0 bridgehead atoms. The van der Waals surface area contributed by atoms with Crippen molar-refractivity contribution in [3.63, 3.8) is 0 Å². The molecule has 0 spiro atoms. The summed E-state index contributed by atoms with van der Waals surface area (Å²) in [6.07, 6.45) is 2.90. The minimum Gasteiger partial charge on any atom is -0.508 e. The van der Waals surface area contributed by atoms with Gasteiger partial charge in [-0.3, -0.25) is 0 Å². The fourth-order valence-corrected chi connectivity index (χ4v) is 1.83. The van der Waals surface area contributed by atoms with Crippen LogP contribution in [0.4, 0.5) is 0 Å². The molecule has 0 amide bonds. The largest absolute Gasteiger partial charge is 0.508 e. The molecule has 84 valence electrons. The fraction of sp³-hybridized carbons (Fsp3) is 0.250. The molecule has 0 saturated heterocycles. The Balaban J connectivity index is 2.24. The summed E-state index contributed by atoms with van der Waals surface area (Å²) in [4.78, 5) is 5.16. The molecule has 4 heteroatoms. The van der Waals surface area contributed by atoms with Crippen molar-refractivity contribution < 1.29 is 5.11 Å². The molecule has 16 heavy (non-hydrogen) atoms. The van der Waals surface area contributed by atoms with E-state index in [0.717, 1.165) is 23.9 Å². The number of benzene rings is 1. The zero-order chi connectivity index (χ0) is 11.5. The summed E-state index contributed by atoms with van der Waals surface area (Å²) >= 11 is 4.84. The first-order valence-corrected chi connectivity index (χ1v) is 5.62. The first kappa shape index (κ1) is 11.0. The second kappa shape index (κ2) is 4.53. The van der Waals surface area contributed by atoms with Gasteiger partial charge in [-0.15, -0.1) is 0 Å². The minimum atomic E-state index is 0.302. The standard InChI is InChI=1S/C12H14N2OS/c1-14(8-16)5-4-9-7-13-12-3-2-10(15)6-11(9)12/h2-3,6-8,13,15H,4-5H2,1H3. The minimum absolute atomic E-state index is 0.302. The van der Waals surface area contributed by atoms with E-state index >= 15 is 0 Å². The maximum Gasteiger partial charge on any atom is 0.116 e. The molecule has 0 radical (unpaired) electrons. The van der Waals surface area contributed by atoms with Crippen LogP contribution >= 0.6 is 12.2 Å². The van der Waals surface area contributed by atoms with E-state index in [1.807, 2.05) is 24.2 Å². The smallest absolute Gasteiger partial charge is 0.116 e. The Kier molecular flexibility index (Phi) is 3.10. The van der Waals surface area contributed by atoms with E-state index in [0.29, 0.717) is 5.75 Å². The highest BCUT2D eigenvalue weighted by Crippen LogP contribution is 2.23. The Hall–Kier alpha value is -1.55. The molecule has 0 unspecified atom stereocenters. The number of phenols is 1. The van der Waals surface area contributed by atoms with Crippen LogP contribution in [-0.2, 0) is 6.42 Å². The zero-order valence-electron chi connectivity index (χ0n) is 9.10. The van der Waals surface area contributed by atoms with Gasteiger partial charge < -0.3 is 15.0 Å². The molecule has 0 aliphatic heterocycles. The second-order valence-electron chi connectivity index (χ2n) is 3.88. The van der Waals surface area contributed by atoms with Crippen LogP contribution in [0.3, 0.4) is 0 Å². The summed E-state index contributed by atoms with van der Waals surface area (Å²) < 4.78 is 0. The van der Waals surface area contributed by atoms with Gasteiger partial charge in [0.05, 0.1) is 5.49 Å². The predicted octanol–water partition coefficient (Wildman–Crippen LogP) is 2.30. The van der Waals surface area contributed by atoms with Gasteiger partial charge in [-0.25, -0.2) is 0 Å². The van der Waals surface area contributed by atoms with E-state index in [9.17, 15) is 5.11 Å². The number of H-pyrrole nitrogens is 1. The maximum absolute atomic E-state index is 9.45. The van der Waals surface area contributed by atoms with Crippen LogP contribution in [0.15, 0.2) is 24.4 Å². The van der Waals surface area contributed by atoms with Gasteiger partial charge in [0.1, 0.15) is 5.75 Å². The lowest BCUT2D eigenvalue weighted by Gasteiger charge is -2.10. The number of likely N-dealkylation sites (N-methyl/N-ethyl adjacent to an activating group) is 1. The molecule has 2 aromatic rings. The van der Waals surface area contributed by atoms with Crippen molar-refractivity contribution in [2.45, 2.75) is 6.42 Å². The highest BCUT2D eigenvalue weighted by atomic mass is 32.1. The lowest BCUT2D eigenvalue weighted by Crippen LogP contribution is -2.17. The molecule has 1 aromatic heterocycles. The number of nitrogens with zero attached hydrogens (tertiary/aromatic N) is 1. The molecular formula is C12H14N2OS.